The smallest absolute Gasteiger partial charge is 0.275 e. The average molecular weight is 419 g/mol. The summed E-state index contributed by atoms with van der Waals surface area (Å²) in [6.07, 6.45) is 0.801. The van der Waals surface area contributed by atoms with E-state index in [4.69, 9.17) is 4.74 Å². The summed E-state index contributed by atoms with van der Waals surface area (Å²) in [7, 11) is -1.97. The highest BCUT2D eigenvalue weighted by Gasteiger charge is 2.31. The molecule has 0 saturated carbocycles. The highest BCUT2D eigenvalue weighted by Crippen LogP contribution is 2.19. The molecule has 1 aliphatic rings. The Labute approximate surface area is 172 Å². The number of carbonyl (C=O) groups is 1. The number of methoxy groups -OCH3 is 1. The molecule has 8 heteroatoms. The molecule has 156 valence electrons. The molecule has 1 heterocycles. The van der Waals surface area contributed by atoms with Crippen molar-refractivity contribution in [3.8, 4) is 5.75 Å². The van der Waals surface area contributed by atoms with Gasteiger partial charge in [-0.1, -0.05) is 30.3 Å². The molecule has 1 amide bonds. The largest absolute Gasteiger partial charge is 0.497 e. The van der Waals surface area contributed by atoms with Crippen molar-refractivity contribution in [2.45, 2.75) is 11.3 Å². The van der Waals surface area contributed by atoms with Gasteiger partial charge in [-0.25, -0.2) is 8.42 Å². The fraction of sp³-hybridized carbons (Fsp3) is 0.381. The molecule has 7 nitrogen and oxygen atoms in total. The van der Waals surface area contributed by atoms with Crippen molar-refractivity contribution >= 4 is 15.9 Å². The summed E-state index contributed by atoms with van der Waals surface area (Å²) in [6, 6.07) is 16.4. The summed E-state index contributed by atoms with van der Waals surface area (Å²) in [5.74, 6) is 0.624. The summed E-state index contributed by atoms with van der Waals surface area (Å²) in [4.78, 5) is 13.6. The van der Waals surface area contributed by atoms with Crippen LogP contribution < -0.4 is 15.0 Å². The molecule has 0 spiro atoms. The minimum absolute atomic E-state index is 0.00222. The zero-order chi connectivity index (χ0) is 20.7. The second kappa shape index (κ2) is 9.87. The van der Waals surface area contributed by atoms with E-state index in [1.807, 2.05) is 30.3 Å². The maximum absolute atomic E-state index is 12.8. The third-order valence-electron chi connectivity index (χ3n) is 5.12. The van der Waals surface area contributed by atoms with E-state index in [2.05, 4.69) is 5.32 Å². The van der Waals surface area contributed by atoms with Crippen LogP contribution in [0.3, 0.4) is 0 Å². The van der Waals surface area contributed by atoms with E-state index >= 15 is 0 Å². The highest BCUT2D eigenvalue weighted by molar-refractivity contribution is 7.89. The number of nitrogens with zero attached hydrogens (tertiary/aromatic N) is 1. The van der Waals surface area contributed by atoms with Crippen LogP contribution in [-0.4, -0.2) is 65.0 Å². The molecule has 1 saturated heterocycles. The third-order valence-corrected chi connectivity index (χ3v) is 7.03. The molecular weight excluding hydrogens is 390 g/mol. The molecule has 3 rings (SSSR count). The van der Waals surface area contributed by atoms with Gasteiger partial charge in [0.15, 0.2) is 6.54 Å². The van der Waals surface area contributed by atoms with E-state index in [-0.39, 0.29) is 10.8 Å². The highest BCUT2D eigenvalue weighted by atomic mass is 32.2. The predicted molar refractivity (Wildman–Crippen MR) is 110 cm³/mol. The third kappa shape index (κ3) is 5.79. The first-order valence-electron chi connectivity index (χ1n) is 9.77. The van der Waals surface area contributed by atoms with Gasteiger partial charge in [-0.15, -0.1) is 0 Å². The molecule has 1 fully saturated rings. The Morgan fingerprint density at radius 3 is 2.34 bits per heavy atom. The molecule has 1 aliphatic heterocycles. The molecule has 2 aromatic carbocycles. The lowest BCUT2D eigenvalue weighted by Crippen LogP contribution is -3.15. The number of quaternary nitrogens is 1. The van der Waals surface area contributed by atoms with Gasteiger partial charge in [0.2, 0.25) is 10.0 Å². The van der Waals surface area contributed by atoms with E-state index < -0.39 is 10.0 Å². The summed E-state index contributed by atoms with van der Waals surface area (Å²) >= 11 is 0. The van der Waals surface area contributed by atoms with Crippen molar-refractivity contribution in [3.63, 3.8) is 0 Å². The van der Waals surface area contributed by atoms with Crippen LogP contribution in [0.5, 0.6) is 5.75 Å². The summed E-state index contributed by atoms with van der Waals surface area (Å²) in [6.45, 7) is 3.00. The van der Waals surface area contributed by atoms with Crippen molar-refractivity contribution in [1.82, 2.24) is 9.62 Å². The zero-order valence-corrected chi connectivity index (χ0v) is 17.5. The quantitative estimate of drug-likeness (QED) is 0.630. The molecule has 29 heavy (non-hydrogen) atoms. The topological polar surface area (TPSA) is 80.2 Å². The summed E-state index contributed by atoms with van der Waals surface area (Å²) in [5.41, 5.74) is 1.19. The molecule has 2 aromatic rings. The number of piperazine rings is 1. The first-order chi connectivity index (χ1) is 14.0. The fourth-order valence-electron chi connectivity index (χ4n) is 3.40. The SMILES string of the molecule is COc1ccc(S(=O)(=O)N2CC[NH+](CC(=O)NCCc3ccccc3)CC2)cc1. The fourth-order valence-corrected chi connectivity index (χ4v) is 4.84. The van der Waals surface area contributed by atoms with Crippen molar-refractivity contribution in [2.24, 2.45) is 0 Å². The number of nitrogens with one attached hydrogen (secondary N) is 2. The Morgan fingerprint density at radius 1 is 1.07 bits per heavy atom. The molecule has 0 bridgehead atoms. The first kappa shape index (κ1) is 21.3. The van der Waals surface area contributed by atoms with Crippen molar-refractivity contribution in [3.05, 3.63) is 60.2 Å². The molecular formula is C21H28N3O4S+. The molecule has 0 radical (unpaired) electrons. The molecule has 2 N–H and O–H groups in total. The Bertz CT molecular complexity index is 893. The number of hydrogen-bond donors (Lipinski definition) is 2. The summed E-state index contributed by atoms with van der Waals surface area (Å²) < 4.78 is 32.2. The minimum Gasteiger partial charge on any atom is -0.497 e. The number of carbonyl (C=O) groups excluding carboxylic acids is 1. The zero-order valence-electron chi connectivity index (χ0n) is 16.6. The number of sulfonamides is 1. The van der Waals surface area contributed by atoms with Gasteiger partial charge in [0.25, 0.3) is 5.91 Å². The molecule has 0 aliphatic carbocycles. The van der Waals surface area contributed by atoms with Crippen LogP contribution in [0.25, 0.3) is 0 Å². The average Bonchev–Trinajstić information content (AvgIpc) is 2.75. The Hall–Kier alpha value is -2.42. The normalized spacial score (nSPS) is 15.8. The van der Waals surface area contributed by atoms with E-state index in [9.17, 15) is 13.2 Å². The van der Waals surface area contributed by atoms with Crippen LogP contribution in [0.2, 0.25) is 0 Å². The number of rotatable bonds is 8. The standard InChI is InChI=1S/C21H27N3O4S/c1-28-19-7-9-20(10-8-19)29(26,27)24-15-13-23(14-16-24)17-21(25)22-12-11-18-5-3-2-4-6-18/h2-10H,11-17H2,1H3,(H,22,25)/p+1. The maximum Gasteiger partial charge on any atom is 0.275 e. The Balaban J connectivity index is 1.44. The van der Waals surface area contributed by atoms with Gasteiger partial charge in [-0.2, -0.15) is 4.31 Å². The molecule has 0 aromatic heterocycles. The first-order valence-corrected chi connectivity index (χ1v) is 11.2. The van der Waals surface area contributed by atoms with Gasteiger partial charge < -0.3 is 15.0 Å². The second-order valence-electron chi connectivity index (χ2n) is 7.09. The Morgan fingerprint density at radius 2 is 1.72 bits per heavy atom. The van der Waals surface area contributed by atoms with Crippen molar-refractivity contribution < 1.29 is 22.8 Å². The van der Waals surface area contributed by atoms with Crippen LogP contribution in [0.15, 0.2) is 59.5 Å². The van der Waals surface area contributed by atoms with Gasteiger partial charge in [-0.3, -0.25) is 4.79 Å². The molecule has 0 atom stereocenters. The van der Waals surface area contributed by atoms with Crippen LogP contribution in [0.4, 0.5) is 0 Å². The van der Waals surface area contributed by atoms with E-state index in [1.165, 1.54) is 9.87 Å². The van der Waals surface area contributed by atoms with Gasteiger partial charge in [0.1, 0.15) is 5.75 Å². The second-order valence-corrected chi connectivity index (χ2v) is 9.03. The van der Waals surface area contributed by atoms with E-state index in [0.29, 0.717) is 45.0 Å². The van der Waals surface area contributed by atoms with E-state index in [0.717, 1.165) is 11.3 Å². The van der Waals surface area contributed by atoms with Crippen LogP contribution >= 0.6 is 0 Å². The van der Waals surface area contributed by atoms with Gasteiger partial charge >= 0.3 is 0 Å². The van der Waals surface area contributed by atoms with Gasteiger partial charge in [0, 0.05) is 6.54 Å². The van der Waals surface area contributed by atoms with Crippen LogP contribution in [0, 0.1) is 0 Å². The van der Waals surface area contributed by atoms with Gasteiger partial charge in [0.05, 0.1) is 38.2 Å². The molecule has 0 unspecified atom stereocenters. The number of ether oxygens (including phenoxy) is 1. The minimum atomic E-state index is -3.52. The number of hydrogen-bond acceptors (Lipinski definition) is 4. The Kier molecular flexibility index (Phi) is 7.24. The van der Waals surface area contributed by atoms with E-state index in [1.54, 1.807) is 31.4 Å². The predicted octanol–water partition coefficient (Wildman–Crippen LogP) is -0.0567. The number of amides is 1. The van der Waals surface area contributed by atoms with Gasteiger partial charge in [-0.05, 0) is 36.2 Å². The van der Waals surface area contributed by atoms with Crippen molar-refractivity contribution in [2.75, 3.05) is 46.4 Å². The summed E-state index contributed by atoms with van der Waals surface area (Å²) in [5, 5.41) is 2.95. The van der Waals surface area contributed by atoms with Crippen LogP contribution in [0.1, 0.15) is 5.56 Å². The number of benzene rings is 2. The lowest BCUT2D eigenvalue weighted by atomic mass is 10.1. The van der Waals surface area contributed by atoms with Crippen molar-refractivity contribution in [1.29, 1.82) is 0 Å². The maximum atomic E-state index is 12.8. The lowest BCUT2D eigenvalue weighted by molar-refractivity contribution is -0.895. The monoisotopic (exact) mass is 418 g/mol. The lowest BCUT2D eigenvalue weighted by Gasteiger charge is -2.31. The van der Waals surface area contributed by atoms with Crippen LogP contribution in [-0.2, 0) is 21.2 Å².